The van der Waals surface area contributed by atoms with Crippen molar-refractivity contribution in [1.29, 1.82) is 0 Å². The van der Waals surface area contributed by atoms with Crippen LogP contribution in [-0.2, 0) is 6.54 Å². The van der Waals surface area contributed by atoms with Gasteiger partial charge in [0.2, 0.25) is 0 Å². The maximum atomic E-state index is 14.0. The molecular formula is C23H27F2N5O. The predicted octanol–water partition coefficient (Wildman–Crippen LogP) is 4.35. The number of anilines is 2. The van der Waals surface area contributed by atoms with Gasteiger partial charge in [-0.05, 0) is 51.0 Å². The van der Waals surface area contributed by atoms with E-state index in [-0.39, 0.29) is 11.2 Å². The molecule has 1 fully saturated rings. The highest BCUT2D eigenvalue weighted by Gasteiger charge is 2.46. The Kier molecular flexibility index (Phi) is 5.43. The van der Waals surface area contributed by atoms with E-state index in [9.17, 15) is 13.6 Å². The first-order chi connectivity index (χ1) is 14.7. The molecule has 0 bridgehead atoms. The number of nitrogens with one attached hydrogen (secondary N) is 3. The molecule has 1 saturated heterocycles. The molecule has 6 nitrogen and oxygen atoms in total. The van der Waals surface area contributed by atoms with E-state index in [1.807, 2.05) is 39.0 Å². The Bertz CT molecular complexity index is 1030. The first kappa shape index (κ1) is 21.2. The molecule has 0 radical (unpaired) electrons. The fraction of sp³-hybridized carbons (Fsp3) is 0.391. The van der Waals surface area contributed by atoms with Crippen LogP contribution in [0.5, 0.6) is 0 Å². The van der Waals surface area contributed by atoms with E-state index < -0.39 is 23.2 Å². The number of hydrogen-bond acceptors (Lipinski definition) is 3. The summed E-state index contributed by atoms with van der Waals surface area (Å²) in [7, 11) is 0. The zero-order valence-electron chi connectivity index (χ0n) is 17.9. The number of carbonyl (C=O) groups is 1. The van der Waals surface area contributed by atoms with Gasteiger partial charge in [0.25, 0.3) is 0 Å². The third kappa shape index (κ3) is 4.54. The van der Waals surface area contributed by atoms with Gasteiger partial charge in [-0.2, -0.15) is 0 Å². The van der Waals surface area contributed by atoms with Crippen molar-refractivity contribution in [2.45, 2.75) is 44.8 Å². The summed E-state index contributed by atoms with van der Waals surface area (Å²) in [5, 5.41) is 9.67. The Morgan fingerprint density at radius 3 is 2.71 bits per heavy atom. The molecule has 2 aromatic rings. The molecule has 2 amide bonds. The van der Waals surface area contributed by atoms with E-state index in [1.54, 1.807) is 4.90 Å². The van der Waals surface area contributed by atoms with E-state index in [0.29, 0.717) is 26.1 Å². The molecule has 0 aromatic heterocycles. The minimum atomic E-state index is -0.804. The highest BCUT2D eigenvalue weighted by molar-refractivity contribution is 6.05. The maximum absolute atomic E-state index is 14.0. The van der Waals surface area contributed by atoms with Crippen LogP contribution in [-0.4, -0.2) is 40.9 Å². The number of benzene rings is 2. The second-order valence-corrected chi connectivity index (χ2v) is 9.07. The molecule has 3 N–H and O–H groups in total. The highest BCUT2D eigenvalue weighted by Crippen LogP contribution is 2.31. The highest BCUT2D eigenvalue weighted by atomic mass is 19.1. The molecule has 1 atom stereocenters. The molecule has 1 spiro atoms. The SMILES string of the molecule is CC(C)(C)N=C1Nc2ccccc2CNC12CCN(C(=O)Nc1ccc(F)cc1F)C2. The Balaban J connectivity index is 1.59. The number of carbonyl (C=O) groups excluding carboxylic acids is 1. The minimum Gasteiger partial charge on any atom is -0.342 e. The molecule has 2 aliphatic heterocycles. The topological polar surface area (TPSA) is 68.8 Å². The van der Waals surface area contributed by atoms with E-state index in [4.69, 9.17) is 4.99 Å². The minimum absolute atomic E-state index is 0.0460. The van der Waals surface area contributed by atoms with Gasteiger partial charge in [0.05, 0.1) is 16.8 Å². The molecule has 2 aromatic carbocycles. The van der Waals surface area contributed by atoms with Crippen molar-refractivity contribution in [1.82, 2.24) is 10.2 Å². The van der Waals surface area contributed by atoms with Crippen molar-refractivity contribution in [3.8, 4) is 0 Å². The number of nitrogens with zero attached hydrogens (tertiary/aromatic N) is 2. The van der Waals surface area contributed by atoms with Crippen LogP contribution in [0.3, 0.4) is 0 Å². The summed E-state index contributed by atoms with van der Waals surface area (Å²) in [6.07, 6.45) is 0.655. The molecule has 8 heteroatoms. The quantitative estimate of drug-likeness (QED) is 0.634. The molecule has 31 heavy (non-hydrogen) atoms. The zero-order valence-corrected chi connectivity index (χ0v) is 17.9. The molecular weight excluding hydrogens is 400 g/mol. The van der Waals surface area contributed by atoms with Crippen molar-refractivity contribution >= 4 is 23.2 Å². The smallest absolute Gasteiger partial charge is 0.322 e. The van der Waals surface area contributed by atoms with Gasteiger partial charge in [-0.15, -0.1) is 0 Å². The van der Waals surface area contributed by atoms with Gasteiger partial charge in [-0.1, -0.05) is 18.2 Å². The average Bonchev–Trinajstić information content (AvgIpc) is 3.07. The number of amidine groups is 1. The Morgan fingerprint density at radius 2 is 1.97 bits per heavy atom. The monoisotopic (exact) mass is 427 g/mol. The lowest BCUT2D eigenvalue weighted by atomic mass is 9.95. The van der Waals surface area contributed by atoms with Gasteiger partial charge >= 0.3 is 6.03 Å². The normalized spacial score (nSPS) is 22.2. The van der Waals surface area contributed by atoms with Gasteiger partial charge in [-0.25, -0.2) is 13.6 Å². The summed E-state index contributed by atoms with van der Waals surface area (Å²) < 4.78 is 27.1. The third-order valence-electron chi connectivity index (χ3n) is 5.52. The molecule has 0 saturated carbocycles. The lowest BCUT2D eigenvalue weighted by molar-refractivity contribution is 0.220. The van der Waals surface area contributed by atoms with Crippen molar-refractivity contribution < 1.29 is 13.6 Å². The van der Waals surface area contributed by atoms with E-state index in [2.05, 4.69) is 22.0 Å². The number of aliphatic imine (C=N–C) groups is 1. The zero-order chi connectivity index (χ0) is 22.2. The van der Waals surface area contributed by atoms with Crippen LogP contribution in [0.15, 0.2) is 47.5 Å². The number of para-hydroxylation sites is 1. The number of amides is 2. The number of likely N-dealkylation sites (tertiary alicyclic amines) is 1. The van der Waals surface area contributed by atoms with Crippen LogP contribution in [0, 0.1) is 11.6 Å². The van der Waals surface area contributed by atoms with Crippen molar-refractivity contribution in [2.75, 3.05) is 23.7 Å². The molecule has 1 unspecified atom stereocenters. The fourth-order valence-corrected chi connectivity index (χ4v) is 3.97. The van der Waals surface area contributed by atoms with Crippen molar-refractivity contribution in [2.24, 2.45) is 4.99 Å². The number of hydrogen-bond donors (Lipinski definition) is 3. The van der Waals surface area contributed by atoms with Crippen LogP contribution in [0.4, 0.5) is 25.0 Å². The molecule has 164 valence electrons. The van der Waals surface area contributed by atoms with Crippen LogP contribution in [0.2, 0.25) is 0 Å². The van der Waals surface area contributed by atoms with E-state index in [0.717, 1.165) is 29.2 Å². The Labute approximate surface area is 180 Å². The second-order valence-electron chi connectivity index (χ2n) is 9.07. The number of halogens is 2. The van der Waals surface area contributed by atoms with Crippen LogP contribution < -0.4 is 16.0 Å². The van der Waals surface area contributed by atoms with Gasteiger partial charge in [0.15, 0.2) is 0 Å². The van der Waals surface area contributed by atoms with Gasteiger partial charge in [0, 0.05) is 31.4 Å². The summed E-state index contributed by atoms with van der Waals surface area (Å²) in [5.74, 6) is -0.706. The van der Waals surface area contributed by atoms with Crippen molar-refractivity contribution in [3.05, 3.63) is 59.7 Å². The maximum Gasteiger partial charge on any atom is 0.322 e. The summed E-state index contributed by atoms with van der Waals surface area (Å²) in [6, 6.07) is 10.7. The average molecular weight is 427 g/mol. The van der Waals surface area contributed by atoms with Gasteiger partial charge in [0.1, 0.15) is 17.5 Å². The Hall–Kier alpha value is -3.00. The standard InChI is InChI=1S/C23H27F2N5O/c1-22(2,3)29-20-23(26-13-15-6-4-5-7-18(15)27-20)10-11-30(14-23)21(31)28-19-9-8-16(24)12-17(19)25/h4-9,12,26H,10-11,13-14H2,1-3H3,(H,27,29)(H,28,31). The van der Waals surface area contributed by atoms with E-state index >= 15 is 0 Å². The Morgan fingerprint density at radius 1 is 1.19 bits per heavy atom. The van der Waals surface area contributed by atoms with Crippen molar-refractivity contribution in [3.63, 3.8) is 0 Å². The summed E-state index contributed by atoms with van der Waals surface area (Å²) in [5.41, 5.74) is 1.20. The van der Waals surface area contributed by atoms with Gasteiger partial charge < -0.3 is 15.5 Å². The molecule has 2 aliphatic rings. The summed E-state index contributed by atoms with van der Waals surface area (Å²) in [6.45, 7) is 7.57. The summed E-state index contributed by atoms with van der Waals surface area (Å²) in [4.78, 5) is 19.4. The number of fused-ring (bicyclic) bond motifs is 1. The predicted molar refractivity (Wildman–Crippen MR) is 118 cm³/mol. The first-order valence-corrected chi connectivity index (χ1v) is 10.4. The first-order valence-electron chi connectivity index (χ1n) is 10.4. The molecule has 0 aliphatic carbocycles. The van der Waals surface area contributed by atoms with Crippen LogP contribution >= 0.6 is 0 Å². The lowest BCUT2D eigenvalue weighted by Gasteiger charge is -2.32. The summed E-state index contributed by atoms with van der Waals surface area (Å²) >= 11 is 0. The third-order valence-corrected chi connectivity index (χ3v) is 5.52. The number of urea groups is 1. The number of rotatable bonds is 1. The fourth-order valence-electron chi connectivity index (χ4n) is 3.97. The van der Waals surface area contributed by atoms with Crippen LogP contribution in [0.1, 0.15) is 32.8 Å². The lowest BCUT2D eigenvalue weighted by Crippen LogP contribution is -2.56. The van der Waals surface area contributed by atoms with Crippen LogP contribution in [0.25, 0.3) is 0 Å². The molecule has 2 heterocycles. The largest absolute Gasteiger partial charge is 0.342 e. The van der Waals surface area contributed by atoms with E-state index in [1.165, 1.54) is 6.07 Å². The van der Waals surface area contributed by atoms with Gasteiger partial charge in [-0.3, -0.25) is 10.3 Å². The molecule has 4 rings (SSSR count). The second kappa shape index (κ2) is 7.92.